The highest BCUT2D eigenvalue weighted by atomic mass is 32.2. The normalized spacial score (nSPS) is 13.6. The summed E-state index contributed by atoms with van der Waals surface area (Å²) in [4.78, 5) is 10.6. The maximum Gasteiger partial charge on any atom is 0.328 e. The number of carbonyl (C=O) groups is 1. The van der Waals surface area contributed by atoms with E-state index in [2.05, 4.69) is 4.72 Å². The molecular weight excluding hydrogens is 346 g/mol. The van der Waals surface area contributed by atoms with Crippen molar-refractivity contribution in [2.45, 2.75) is 4.90 Å². The number of nitrogens with one attached hydrogen (secondary N) is 1. The van der Waals surface area contributed by atoms with Gasteiger partial charge in [0, 0.05) is 12.1 Å². The van der Waals surface area contributed by atoms with Gasteiger partial charge in [-0.05, 0) is 35.9 Å². The topological polar surface area (TPSA) is 102 Å². The Balaban J connectivity index is 1.78. The van der Waals surface area contributed by atoms with E-state index >= 15 is 0 Å². The average Bonchev–Trinajstić information content (AvgIpc) is 2.60. The Morgan fingerprint density at radius 1 is 1.04 bits per heavy atom. The van der Waals surface area contributed by atoms with Crippen molar-refractivity contribution in [3.05, 3.63) is 54.1 Å². The molecule has 0 amide bonds. The number of carboxylic acid groups (broad SMARTS) is 1. The zero-order valence-electron chi connectivity index (χ0n) is 13.0. The monoisotopic (exact) mass is 361 g/mol. The van der Waals surface area contributed by atoms with Gasteiger partial charge in [0.05, 0.1) is 10.6 Å². The largest absolute Gasteiger partial charge is 0.486 e. The lowest BCUT2D eigenvalue weighted by Gasteiger charge is -2.19. The molecule has 3 rings (SSSR count). The molecule has 0 unspecified atom stereocenters. The van der Waals surface area contributed by atoms with Gasteiger partial charge in [0.2, 0.25) is 0 Å². The van der Waals surface area contributed by atoms with Crippen LogP contribution in [0.3, 0.4) is 0 Å². The van der Waals surface area contributed by atoms with Crippen LogP contribution >= 0.6 is 0 Å². The fourth-order valence-corrected chi connectivity index (χ4v) is 3.30. The second-order valence-corrected chi connectivity index (χ2v) is 6.89. The molecule has 25 heavy (non-hydrogen) atoms. The van der Waals surface area contributed by atoms with E-state index in [1.807, 2.05) is 0 Å². The number of ether oxygens (including phenoxy) is 2. The minimum absolute atomic E-state index is 0.0647. The first-order valence-corrected chi connectivity index (χ1v) is 8.86. The summed E-state index contributed by atoms with van der Waals surface area (Å²) in [7, 11) is -3.77. The standard InChI is InChI=1S/C17H15NO6S/c19-17(20)8-3-12-1-5-14(6-2-12)25(21,22)18-13-4-7-15-16(11-13)24-10-9-23-15/h1-8,11,18H,9-10H2,(H,19,20). The molecule has 1 aliphatic heterocycles. The number of hydrogen-bond donors (Lipinski definition) is 2. The Bertz CT molecular complexity index is 919. The van der Waals surface area contributed by atoms with Crippen LogP contribution in [0.5, 0.6) is 11.5 Å². The number of sulfonamides is 1. The van der Waals surface area contributed by atoms with E-state index in [9.17, 15) is 13.2 Å². The van der Waals surface area contributed by atoms with Crippen LogP contribution in [0.1, 0.15) is 5.56 Å². The van der Waals surface area contributed by atoms with Crippen LogP contribution in [0.15, 0.2) is 53.4 Å². The van der Waals surface area contributed by atoms with Gasteiger partial charge in [0.1, 0.15) is 13.2 Å². The van der Waals surface area contributed by atoms with Gasteiger partial charge < -0.3 is 14.6 Å². The van der Waals surface area contributed by atoms with Crippen LogP contribution in [0.25, 0.3) is 6.08 Å². The Kier molecular flexibility index (Phi) is 4.62. The number of anilines is 1. The van der Waals surface area contributed by atoms with Gasteiger partial charge in [-0.3, -0.25) is 4.72 Å². The number of rotatable bonds is 5. The fraction of sp³-hybridized carbons (Fsp3) is 0.118. The van der Waals surface area contributed by atoms with Crippen LogP contribution in [0.4, 0.5) is 5.69 Å². The molecule has 0 atom stereocenters. The number of fused-ring (bicyclic) bond motifs is 1. The minimum atomic E-state index is -3.77. The molecule has 0 saturated carbocycles. The molecule has 0 spiro atoms. The lowest BCUT2D eigenvalue weighted by atomic mass is 10.2. The molecule has 1 aliphatic rings. The van der Waals surface area contributed by atoms with E-state index in [-0.39, 0.29) is 4.90 Å². The summed E-state index contributed by atoms with van der Waals surface area (Å²) in [5.74, 6) is -0.0126. The summed E-state index contributed by atoms with van der Waals surface area (Å²) in [6.07, 6.45) is 2.37. The van der Waals surface area contributed by atoms with E-state index in [4.69, 9.17) is 14.6 Å². The van der Waals surface area contributed by atoms with E-state index in [0.717, 1.165) is 6.08 Å². The smallest absolute Gasteiger partial charge is 0.328 e. The van der Waals surface area contributed by atoms with Crippen molar-refractivity contribution in [3.63, 3.8) is 0 Å². The Hall–Kier alpha value is -3.00. The minimum Gasteiger partial charge on any atom is -0.486 e. The van der Waals surface area contributed by atoms with Crippen LogP contribution in [-0.2, 0) is 14.8 Å². The van der Waals surface area contributed by atoms with Crippen molar-refractivity contribution in [2.24, 2.45) is 0 Å². The first-order valence-electron chi connectivity index (χ1n) is 7.37. The third kappa shape index (κ3) is 4.10. The lowest BCUT2D eigenvalue weighted by molar-refractivity contribution is -0.131. The second kappa shape index (κ2) is 6.86. The Morgan fingerprint density at radius 3 is 2.40 bits per heavy atom. The lowest BCUT2D eigenvalue weighted by Crippen LogP contribution is -2.16. The maximum atomic E-state index is 12.5. The maximum absolute atomic E-state index is 12.5. The molecule has 0 saturated heterocycles. The number of benzene rings is 2. The molecule has 7 nitrogen and oxygen atoms in total. The summed E-state index contributed by atoms with van der Waals surface area (Å²) in [5.41, 5.74) is 0.944. The van der Waals surface area contributed by atoms with Gasteiger partial charge in [-0.25, -0.2) is 13.2 Å². The molecule has 2 aromatic rings. The van der Waals surface area contributed by atoms with Gasteiger partial charge >= 0.3 is 5.97 Å². The van der Waals surface area contributed by atoms with Gasteiger partial charge in [0.15, 0.2) is 11.5 Å². The highest BCUT2D eigenvalue weighted by Crippen LogP contribution is 2.33. The predicted octanol–water partition coefficient (Wildman–Crippen LogP) is 2.36. The van der Waals surface area contributed by atoms with E-state index in [1.165, 1.54) is 30.3 Å². The quantitative estimate of drug-likeness (QED) is 0.793. The fourth-order valence-electron chi connectivity index (χ4n) is 2.25. The molecule has 130 valence electrons. The number of hydrogen-bond acceptors (Lipinski definition) is 5. The molecule has 2 N–H and O–H groups in total. The number of aliphatic carboxylic acids is 1. The van der Waals surface area contributed by atoms with Crippen molar-refractivity contribution in [3.8, 4) is 11.5 Å². The van der Waals surface area contributed by atoms with Crippen LogP contribution in [0, 0.1) is 0 Å². The Labute approximate surface area is 144 Å². The highest BCUT2D eigenvalue weighted by Gasteiger charge is 2.17. The van der Waals surface area contributed by atoms with Crippen LogP contribution < -0.4 is 14.2 Å². The van der Waals surface area contributed by atoms with E-state index in [1.54, 1.807) is 18.2 Å². The van der Waals surface area contributed by atoms with Gasteiger partial charge in [0.25, 0.3) is 10.0 Å². The second-order valence-electron chi connectivity index (χ2n) is 5.20. The zero-order chi connectivity index (χ0) is 17.9. The van der Waals surface area contributed by atoms with Gasteiger partial charge in [-0.1, -0.05) is 12.1 Å². The predicted molar refractivity (Wildman–Crippen MR) is 91.4 cm³/mol. The molecular formula is C17H15NO6S. The summed E-state index contributed by atoms with van der Waals surface area (Å²) < 4.78 is 38.2. The summed E-state index contributed by atoms with van der Waals surface area (Å²) in [5, 5.41) is 8.60. The van der Waals surface area contributed by atoms with Gasteiger partial charge in [-0.2, -0.15) is 0 Å². The Morgan fingerprint density at radius 2 is 1.72 bits per heavy atom. The van der Waals surface area contributed by atoms with E-state index in [0.29, 0.717) is 36.0 Å². The molecule has 0 radical (unpaired) electrons. The SMILES string of the molecule is O=C(O)C=Cc1ccc(S(=O)(=O)Nc2ccc3c(c2)OCCO3)cc1. The van der Waals surface area contributed by atoms with Crippen molar-refractivity contribution in [2.75, 3.05) is 17.9 Å². The molecule has 0 aliphatic carbocycles. The summed E-state index contributed by atoms with van der Waals surface area (Å²) >= 11 is 0. The number of carboxylic acids is 1. The van der Waals surface area contributed by atoms with Crippen molar-refractivity contribution in [1.82, 2.24) is 0 Å². The van der Waals surface area contributed by atoms with Crippen molar-refractivity contribution in [1.29, 1.82) is 0 Å². The van der Waals surface area contributed by atoms with Gasteiger partial charge in [-0.15, -0.1) is 0 Å². The third-order valence-corrected chi connectivity index (χ3v) is 4.80. The third-order valence-electron chi connectivity index (χ3n) is 3.40. The highest BCUT2D eigenvalue weighted by molar-refractivity contribution is 7.92. The molecule has 0 fully saturated rings. The molecule has 0 aromatic heterocycles. The summed E-state index contributed by atoms with van der Waals surface area (Å²) in [6, 6.07) is 10.7. The summed E-state index contributed by atoms with van der Waals surface area (Å²) in [6.45, 7) is 0.870. The van der Waals surface area contributed by atoms with Crippen molar-refractivity contribution >= 4 is 27.8 Å². The average molecular weight is 361 g/mol. The molecule has 1 heterocycles. The first-order chi connectivity index (χ1) is 11.9. The molecule has 2 aromatic carbocycles. The van der Waals surface area contributed by atoms with Crippen LogP contribution in [-0.4, -0.2) is 32.7 Å². The van der Waals surface area contributed by atoms with E-state index < -0.39 is 16.0 Å². The molecule has 0 bridgehead atoms. The van der Waals surface area contributed by atoms with Crippen molar-refractivity contribution < 1.29 is 27.8 Å². The molecule has 8 heteroatoms. The zero-order valence-corrected chi connectivity index (χ0v) is 13.8. The van der Waals surface area contributed by atoms with Crippen LogP contribution in [0.2, 0.25) is 0 Å². The first kappa shape index (κ1) is 16.8.